The van der Waals surface area contributed by atoms with Crippen LogP contribution in [-0.2, 0) is 17.8 Å². The molecule has 8 heteroatoms. The maximum atomic E-state index is 12.8. The van der Waals surface area contributed by atoms with Crippen LogP contribution in [0.25, 0.3) is 0 Å². The number of nitrogens with zero attached hydrogens (tertiary/aromatic N) is 5. The number of carbonyl (C=O) groups is 1. The lowest BCUT2D eigenvalue weighted by molar-refractivity contribution is 0.0733. The number of amides is 1. The van der Waals surface area contributed by atoms with Crippen molar-refractivity contribution in [3.63, 3.8) is 0 Å². The monoisotopic (exact) mass is 411 g/mol. The van der Waals surface area contributed by atoms with Crippen LogP contribution in [0.1, 0.15) is 29.7 Å². The van der Waals surface area contributed by atoms with E-state index in [-0.39, 0.29) is 23.5 Å². The Balaban J connectivity index is 1.31. The number of aliphatic imine (C=N–C) groups is 1. The summed E-state index contributed by atoms with van der Waals surface area (Å²) in [5, 5.41) is 0.240. The van der Waals surface area contributed by atoms with Crippen LogP contribution in [0.4, 0.5) is 10.6 Å². The smallest absolute Gasteiger partial charge is 0.410 e. The van der Waals surface area contributed by atoms with Gasteiger partial charge in [0.1, 0.15) is 12.4 Å². The van der Waals surface area contributed by atoms with E-state index in [2.05, 4.69) is 19.9 Å². The molecule has 2 bridgehead atoms. The van der Waals surface area contributed by atoms with Gasteiger partial charge in [-0.1, -0.05) is 30.3 Å². The van der Waals surface area contributed by atoms with Gasteiger partial charge in [-0.2, -0.15) is 0 Å². The van der Waals surface area contributed by atoms with Crippen LogP contribution in [0.2, 0.25) is 5.28 Å². The van der Waals surface area contributed by atoms with Crippen LogP contribution in [-0.4, -0.2) is 58.9 Å². The fourth-order valence-electron chi connectivity index (χ4n) is 4.56. The van der Waals surface area contributed by atoms with Crippen LogP contribution >= 0.6 is 11.6 Å². The molecule has 5 rings (SSSR count). The number of fused-ring (bicyclic) bond motifs is 3. The molecule has 2 atom stereocenters. The second kappa shape index (κ2) is 7.63. The first-order valence-electron chi connectivity index (χ1n) is 9.99. The summed E-state index contributed by atoms with van der Waals surface area (Å²) in [6.45, 7) is 2.50. The molecule has 0 saturated carbocycles. The summed E-state index contributed by atoms with van der Waals surface area (Å²) in [5.74, 6) is 0.889. The highest BCUT2D eigenvalue weighted by atomic mass is 35.5. The first-order chi connectivity index (χ1) is 14.2. The Kier molecular flexibility index (Phi) is 4.83. The van der Waals surface area contributed by atoms with Gasteiger partial charge in [-0.25, -0.2) is 14.8 Å². The largest absolute Gasteiger partial charge is 0.445 e. The first kappa shape index (κ1) is 18.4. The molecule has 1 aromatic carbocycles. The summed E-state index contributed by atoms with van der Waals surface area (Å²) < 4.78 is 5.60. The zero-order valence-corrected chi connectivity index (χ0v) is 16.8. The van der Waals surface area contributed by atoms with Crippen LogP contribution in [0, 0.1) is 0 Å². The van der Waals surface area contributed by atoms with Crippen molar-refractivity contribution in [1.82, 2.24) is 14.9 Å². The lowest BCUT2D eigenvalue weighted by Crippen LogP contribution is -2.56. The number of piperazine rings is 1. The van der Waals surface area contributed by atoms with Crippen molar-refractivity contribution < 1.29 is 9.53 Å². The molecule has 4 heterocycles. The summed E-state index contributed by atoms with van der Waals surface area (Å²) in [7, 11) is 0. The van der Waals surface area contributed by atoms with Crippen LogP contribution in [0.5, 0.6) is 0 Å². The minimum absolute atomic E-state index is 0.124. The predicted octanol–water partition coefficient (Wildman–Crippen LogP) is 3.09. The highest BCUT2D eigenvalue weighted by molar-refractivity contribution is 6.28. The van der Waals surface area contributed by atoms with Crippen molar-refractivity contribution >= 4 is 29.7 Å². The van der Waals surface area contributed by atoms with Gasteiger partial charge in [0.25, 0.3) is 0 Å². The van der Waals surface area contributed by atoms with E-state index in [0.717, 1.165) is 61.5 Å². The quantitative estimate of drug-likeness (QED) is 0.726. The minimum Gasteiger partial charge on any atom is -0.445 e. The van der Waals surface area contributed by atoms with E-state index in [1.165, 1.54) is 0 Å². The number of hydrogen-bond donors (Lipinski definition) is 0. The Hall–Kier alpha value is -2.67. The summed E-state index contributed by atoms with van der Waals surface area (Å²) in [4.78, 5) is 30.1. The normalized spacial score (nSPS) is 22.5. The number of benzene rings is 1. The number of rotatable bonds is 3. The van der Waals surface area contributed by atoms with E-state index in [0.29, 0.717) is 6.61 Å². The number of halogens is 1. The molecule has 0 N–H and O–H groups in total. The van der Waals surface area contributed by atoms with Crippen LogP contribution < -0.4 is 4.90 Å². The SMILES string of the molecule is O=C(OCc1ccccc1)N1C2CCC1CN(c1nc(Cl)nc3c1CCN=C3)C2. The Bertz CT molecular complexity index is 938. The zero-order valence-electron chi connectivity index (χ0n) is 16.0. The van der Waals surface area contributed by atoms with Gasteiger partial charge in [0.05, 0.1) is 17.8 Å². The summed E-state index contributed by atoms with van der Waals surface area (Å²) >= 11 is 6.17. The molecule has 0 aliphatic carbocycles. The third-order valence-electron chi connectivity index (χ3n) is 5.89. The molecular formula is C21H22ClN5O2. The number of hydrogen-bond acceptors (Lipinski definition) is 6. The lowest BCUT2D eigenvalue weighted by Gasteiger charge is -2.41. The summed E-state index contributed by atoms with van der Waals surface area (Å²) in [5.41, 5.74) is 2.91. The highest BCUT2D eigenvalue weighted by Crippen LogP contribution is 2.35. The van der Waals surface area contributed by atoms with Gasteiger partial charge in [0.15, 0.2) is 0 Å². The van der Waals surface area contributed by atoms with Crippen LogP contribution in [0.3, 0.4) is 0 Å². The fourth-order valence-corrected chi connectivity index (χ4v) is 4.74. The maximum Gasteiger partial charge on any atom is 0.410 e. The number of aromatic nitrogens is 2. The van der Waals surface area contributed by atoms with Gasteiger partial charge >= 0.3 is 6.09 Å². The number of carbonyl (C=O) groups excluding carboxylic acids is 1. The van der Waals surface area contributed by atoms with Gasteiger partial charge in [-0.3, -0.25) is 9.89 Å². The fraction of sp³-hybridized carbons (Fsp3) is 0.429. The van der Waals surface area contributed by atoms with E-state index in [4.69, 9.17) is 16.3 Å². The Morgan fingerprint density at radius 1 is 1.14 bits per heavy atom. The Labute approximate surface area is 174 Å². The molecule has 0 spiro atoms. The topological polar surface area (TPSA) is 70.9 Å². The van der Waals surface area contributed by atoms with Gasteiger partial charge in [-0.15, -0.1) is 0 Å². The number of ether oxygens (including phenoxy) is 1. The maximum absolute atomic E-state index is 12.8. The standard InChI is InChI=1S/C21H22ClN5O2/c22-20-24-18-10-23-9-8-17(18)19(25-20)26-11-15-6-7-16(12-26)27(15)21(28)29-13-14-4-2-1-3-5-14/h1-5,10,15-16H,6-9,11-13H2. The van der Waals surface area contributed by atoms with E-state index in [1.807, 2.05) is 35.2 Å². The molecule has 2 fully saturated rings. The molecule has 1 aromatic heterocycles. The van der Waals surface area contributed by atoms with E-state index < -0.39 is 0 Å². The van der Waals surface area contributed by atoms with Crippen molar-refractivity contribution in [1.29, 1.82) is 0 Å². The molecule has 2 unspecified atom stereocenters. The van der Waals surface area contributed by atoms with Gasteiger partial charge < -0.3 is 9.64 Å². The zero-order chi connectivity index (χ0) is 19.8. The van der Waals surface area contributed by atoms with Gasteiger partial charge in [-0.05, 0) is 36.4 Å². The highest BCUT2D eigenvalue weighted by Gasteiger charge is 2.44. The Morgan fingerprint density at radius 2 is 1.90 bits per heavy atom. The van der Waals surface area contributed by atoms with E-state index >= 15 is 0 Å². The molecule has 1 amide bonds. The van der Waals surface area contributed by atoms with Gasteiger partial charge in [0.2, 0.25) is 5.28 Å². The average Bonchev–Trinajstić information content (AvgIpc) is 3.01. The average molecular weight is 412 g/mol. The summed E-state index contributed by atoms with van der Waals surface area (Å²) in [6, 6.07) is 10.0. The predicted molar refractivity (Wildman–Crippen MR) is 111 cm³/mol. The second-order valence-corrected chi connectivity index (χ2v) is 8.04. The molecule has 150 valence electrons. The molecule has 0 radical (unpaired) electrons. The van der Waals surface area contributed by atoms with Crippen molar-refractivity contribution in [2.75, 3.05) is 24.5 Å². The third-order valence-corrected chi connectivity index (χ3v) is 6.06. The van der Waals surface area contributed by atoms with Crippen molar-refractivity contribution in [2.45, 2.75) is 38.0 Å². The molecule has 29 heavy (non-hydrogen) atoms. The Morgan fingerprint density at radius 3 is 2.66 bits per heavy atom. The molecule has 2 saturated heterocycles. The third kappa shape index (κ3) is 3.55. The molecule has 3 aliphatic rings. The van der Waals surface area contributed by atoms with Crippen molar-refractivity contribution in [2.24, 2.45) is 4.99 Å². The minimum atomic E-state index is -0.226. The summed E-state index contributed by atoms with van der Waals surface area (Å²) in [6.07, 6.45) is 4.32. The van der Waals surface area contributed by atoms with Crippen molar-refractivity contribution in [3.8, 4) is 0 Å². The second-order valence-electron chi connectivity index (χ2n) is 7.70. The molecule has 3 aliphatic heterocycles. The molecule has 7 nitrogen and oxygen atoms in total. The lowest BCUT2D eigenvalue weighted by atomic mass is 10.1. The van der Waals surface area contributed by atoms with Crippen molar-refractivity contribution in [3.05, 3.63) is 52.4 Å². The number of anilines is 1. The van der Waals surface area contributed by atoms with Crippen LogP contribution in [0.15, 0.2) is 35.3 Å². The first-order valence-corrected chi connectivity index (χ1v) is 10.4. The molecular weight excluding hydrogens is 390 g/mol. The van der Waals surface area contributed by atoms with E-state index in [9.17, 15) is 4.79 Å². The molecule has 2 aromatic rings. The van der Waals surface area contributed by atoms with Gasteiger partial charge in [0, 0.05) is 31.4 Å². The van der Waals surface area contributed by atoms with E-state index in [1.54, 1.807) is 6.21 Å².